The van der Waals surface area contributed by atoms with Crippen molar-refractivity contribution in [3.63, 3.8) is 0 Å². The molecule has 118 valence electrons. The molecule has 0 unspecified atom stereocenters. The Morgan fingerprint density at radius 2 is 2.29 bits per heavy atom. The van der Waals surface area contributed by atoms with Crippen LogP contribution in [0.2, 0.25) is 0 Å². The monoisotopic (exact) mass is 315 g/mol. The summed E-state index contributed by atoms with van der Waals surface area (Å²) in [5.74, 6) is -0.621. The van der Waals surface area contributed by atoms with Gasteiger partial charge in [-0.3, -0.25) is 0 Å². The van der Waals surface area contributed by atoms with Crippen molar-refractivity contribution >= 4 is 10.0 Å². The summed E-state index contributed by atoms with van der Waals surface area (Å²) in [6.45, 7) is 2.66. The van der Waals surface area contributed by atoms with Crippen LogP contribution in [0.15, 0.2) is 24.3 Å². The highest BCUT2D eigenvalue weighted by molar-refractivity contribution is 7.88. The highest BCUT2D eigenvalue weighted by Gasteiger charge is 2.19. The molecule has 0 bridgehead atoms. The second kappa shape index (κ2) is 7.33. The number of hydrogen-bond donors (Lipinski definition) is 1. The Morgan fingerprint density at radius 3 is 2.95 bits per heavy atom. The number of hydrogen-bond acceptors (Lipinski definition) is 3. The van der Waals surface area contributed by atoms with E-state index in [9.17, 15) is 12.8 Å². The lowest BCUT2D eigenvalue weighted by Gasteiger charge is -2.16. The first-order chi connectivity index (χ1) is 9.94. The number of halogens is 1. The Balaban J connectivity index is 1.82. The number of nitrogens with one attached hydrogen (secondary N) is 1. The van der Waals surface area contributed by atoms with Gasteiger partial charge in [0, 0.05) is 12.6 Å². The molecule has 1 heterocycles. The molecule has 1 aromatic carbocycles. The summed E-state index contributed by atoms with van der Waals surface area (Å²) in [5, 5.41) is 0. The van der Waals surface area contributed by atoms with Crippen molar-refractivity contribution in [2.45, 2.75) is 50.5 Å². The Bertz CT molecular complexity index is 556. The molecule has 0 saturated carbocycles. The fraction of sp³-hybridized carbons (Fsp3) is 0.600. The quantitative estimate of drug-likeness (QED) is 0.841. The molecule has 0 spiro atoms. The molecule has 2 atom stereocenters. The Kier molecular flexibility index (Phi) is 5.72. The van der Waals surface area contributed by atoms with Crippen LogP contribution in [-0.2, 0) is 20.5 Å². The Hall–Kier alpha value is -0.980. The fourth-order valence-electron chi connectivity index (χ4n) is 2.56. The molecule has 1 fully saturated rings. The van der Waals surface area contributed by atoms with Crippen molar-refractivity contribution in [3.05, 3.63) is 35.6 Å². The molecule has 2 rings (SSSR count). The van der Waals surface area contributed by atoms with E-state index in [0.29, 0.717) is 5.56 Å². The molecule has 1 saturated heterocycles. The van der Waals surface area contributed by atoms with Crippen molar-refractivity contribution in [2.24, 2.45) is 0 Å². The number of sulfonamides is 1. The highest BCUT2D eigenvalue weighted by Crippen LogP contribution is 2.18. The first-order valence-corrected chi connectivity index (χ1v) is 8.96. The summed E-state index contributed by atoms with van der Waals surface area (Å²) >= 11 is 0. The van der Waals surface area contributed by atoms with Crippen LogP contribution in [0.4, 0.5) is 4.39 Å². The van der Waals surface area contributed by atoms with Crippen LogP contribution in [0, 0.1) is 5.82 Å². The van der Waals surface area contributed by atoms with Crippen molar-refractivity contribution < 1.29 is 17.5 Å². The molecule has 4 nitrogen and oxygen atoms in total. The van der Waals surface area contributed by atoms with E-state index in [2.05, 4.69) is 4.72 Å². The molecule has 0 aliphatic carbocycles. The van der Waals surface area contributed by atoms with Crippen LogP contribution >= 0.6 is 0 Å². The molecule has 6 heteroatoms. The van der Waals surface area contributed by atoms with Gasteiger partial charge in [-0.25, -0.2) is 17.5 Å². The SMILES string of the molecule is C[C@@H](CC[C@@H]1CCCO1)NS(=O)(=O)Cc1cccc(F)c1. The topological polar surface area (TPSA) is 55.4 Å². The van der Waals surface area contributed by atoms with E-state index in [1.807, 2.05) is 6.92 Å². The molecular formula is C15H22FNO3S. The standard InChI is InChI=1S/C15H22FNO3S/c1-12(7-8-15-6-3-9-20-15)17-21(18,19)11-13-4-2-5-14(16)10-13/h2,4-5,10,12,15,17H,3,6-9,11H2,1H3/t12-,15-/m0/s1. The summed E-state index contributed by atoms with van der Waals surface area (Å²) in [4.78, 5) is 0. The maximum Gasteiger partial charge on any atom is 0.216 e. The van der Waals surface area contributed by atoms with Crippen LogP contribution in [-0.4, -0.2) is 27.2 Å². The number of ether oxygens (including phenoxy) is 1. The summed E-state index contributed by atoms with van der Waals surface area (Å²) in [6, 6.07) is 5.53. The van der Waals surface area contributed by atoms with E-state index in [0.717, 1.165) is 32.3 Å². The van der Waals surface area contributed by atoms with E-state index >= 15 is 0 Å². The van der Waals surface area contributed by atoms with E-state index in [1.54, 1.807) is 6.07 Å². The molecule has 1 N–H and O–H groups in total. The van der Waals surface area contributed by atoms with Crippen molar-refractivity contribution in [2.75, 3.05) is 6.61 Å². The third-order valence-electron chi connectivity index (χ3n) is 3.57. The molecule has 0 amide bonds. The zero-order valence-electron chi connectivity index (χ0n) is 12.2. The van der Waals surface area contributed by atoms with Crippen LogP contribution in [0.5, 0.6) is 0 Å². The first-order valence-electron chi connectivity index (χ1n) is 7.31. The lowest BCUT2D eigenvalue weighted by Crippen LogP contribution is -2.34. The smallest absolute Gasteiger partial charge is 0.216 e. The summed E-state index contributed by atoms with van der Waals surface area (Å²) in [7, 11) is -3.45. The van der Waals surface area contributed by atoms with Crippen molar-refractivity contribution in [3.8, 4) is 0 Å². The molecule has 1 aliphatic rings. The molecule has 0 radical (unpaired) electrons. The van der Waals surface area contributed by atoms with Crippen LogP contribution in [0.25, 0.3) is 0 Å². The third kappa shape index (κ3) is 5.73. The highest BCUT2D eigenvalue weighted by atomic mass is 32.2. The molecular weight excluding hydrogens is 293 g/mol. The average Bonchev–Trinajstić information content (AvgIpc) is 2.88. The Morgan fingerprint density at radius 1 is 1.48 bits per heavy atom. The van der Waals surface area contributed by atoms with Crippen LogP contribution in [0.3, 0.4) is 0 Å². The van der Waals surface area contributed by atoms with E-state index in [-0.39, 0.29) is 17.9 Å². The fourth-order valence-corrected chi connectivity index (χ4v) is 3.99. The normalized spacial score (nSPS) is 20.6. The predicted octanol–water partition coefficient (Wildman–Crippen LogP) is 2.59. The van der Waals surface area contributed by atoms with Crippen molar-refractivity contribution in [1.82, 2.24) is 4.72 Å². The van der Waals surface area contributed by atoms with Gasteiger partial charge >= 0.3 is 0 Å². The van der Waals surface area contributed by atoms with E-state index in [4.69, 9.17) is 4.74 Å². The average molecular weight is 315 g/mol. The van der Waals surface area contributed by atoms with Gasteiger partial charge in [0.2, 0.25) is 10.0 Å². The van der Waals surface area contributed by atoms with Gasteiger partial charge in [0.15, 0.2) is 0 Å². The zero-order chi connectivity index (χ0) is 15.3. The van der Waals surface area contributed by atoms with Gasteiger partial charge < -0.3 is 4.74 Å². The minimum Gasteiger partial charge on any atom is -0.378 e. The largest absolute Gasteiger partial charge is 0.378 e. The molecule has 1 aliphatic heterocycles. The number of benzene rings is 1. The van der Waals surface area contributed by atoms with Gasteiger partial charge in [-0.05, 0) is 50.3 Å². The van der Waals surface area contributed by atoms with E-state index in [1.165, 1.54) is 18.2 Å². The minimum absolute atomic E-state index is 0.146. The second-order valence-electron chi connectivity index (χ2n) is 5.62. The van der Waals surface area contributed by atoms with E-state index < -0.39 is 15.8 Å². The first kappa shape index (κ1) is 16.4. The molecule has 21 heavy (non-hydrogen) atoms. The lowest BCUT2D eigenvalue weighted by molar-refractivity contribution is 0.101. The van der Waals surface area contributed by atoms with Gasteiger partial charge in [0.05, 0.1) is 11.9 Å². The van der Waals surface area contributed by atoms with Gasteiger partial charge in [-0.1, -0.05) is 12.1 Å². The predicted molar refractivity (Wildman–Crippen MR) is 79.8 cm³/mol. The maximum absolute atomic E-state index is 13.1. The lowest BCUT2D eigenvalue weighted by atomic mass is 10.1. The van der Waals surface area contributed by atoms with Gasteiger partial charge in [-0.15, -0.1) is 0 Å². The second-order valence-corrected chi connectivity index (χ2v) is 7.37. The number of rotatable bonds is 7. The summed E-state index contributed by atoms with van der Waals surface area (Å²) in [5.41, 5.74) is 0.453. The van der Waals surface area contributed by atoms with Gasteiger partial charge in [-0.2, -0.15) is 0 Å². The van der Waals surface area contributed by atoms with Crippen LogP contribution in [0.1, 0.15) is 38.2 Å². The zero-order valence-corrected chi connectivity index (χ0v) is 13.0. The third-order valence-corrected chi connectivity index (χ3v) is 5.05. The Labute approximate surface area is 125 Å². The molecule has 0 aromatic heterocycles. The molecule has 1 aromatic rings. The van der Waals surface area contributed by atoms with Gasteiger partial charge in [0.1, 0.15) is 5.82 Å². The maximum atomic E-state index is 13.1. The summed E-state index contributed by atoms with van der Waals surface area (Å²) < 4.78 is 45.3. The van der Waals surface area contributed by atoms with Crippen LogP contribution < -0.4 is 4.72 Å². The summed E-state index contributed by atoms with van der Waals surface area (Å²) in [6.07, 6.45) is 4.02. The minimum atomic E-state index is -3.45. The van der Waals surface area contributed by atoms with Gasteiger partial charge in [0.25, 0.3) is 0 Å². The van der Waals surface area contributed by atoms with Crippen molar-refractivity contribution in [1.29, 1.82) is 0 Å².